The number of rotatable bonds is 4. The molecule has 0 bridgehead atoms. The number of hydrogen-bond donors (Lipinski definition) is 1. The fourth-order valence-corrected chi connectivity index (χ4v) is 3.00. The molecule has 0 aromatic carbocycles. The lowest BCUT2D eigenvalue weighted by molar-refractivity contribution is 0.101. The highest BCUT2D eigenvalue weighted by Crippen LogP contribution is 2.25. The first-order chi connectivity index (χ1) is 10.3. The Morgan fingerprint density at radius 3 is 2.81 bits per heavy atom. The molecule has 2 heterocycles. The molecule has 1 saturated carbocycles. The van der Waals surface area contributed by atoms with Crippen molar-refractivity contribution in [3.8, 4) is 0 Å². The van der Waals surface area contributed by atoms with Crippen molar-refractivity contribution in [2.45, 2.75) is 31.4 Å². The van der Waals surface area contributed by atoms with E-state index in [-0.39, 0.29) is 17.4 Å². The van der Waals surface area contributed by atoms with Gasteiger partial charge in [-0.05, 0) is 30.9 Å². The third-order valence-electron chi connectivity index (χ3n) is 3.96. The molecule has 2 unspecified atom stereocenters. The zero-order valence-electron chi connectivity index (χ0n) is 12.1. The lowest BCUT2D eigenvalue weighted by Gasteiger charge is -2.27. The Balaban J connectivity index is 1.74. The first-order valence-corrected chi connectivity index (χ1v) is 7.67. The van der Waals surface area contributed by atoms with Crippen LogP contribution >= 0.6 is 11.6 Å². The van der Waals surface area contributed by atoms with Gasteiger partial charge in [-0.1, -0.05) is 0 Å². The highest BCUT2D eigenvalue weighted by molar-refractivity contribution is 6.28. The van der Waals surface area contributed by atoms with Crippen molar-refractivity contribution in [1.82, 2.24) is 15.0 Å². The van der Waals surface area contributed by atoms with Gasteiger partial charge in [0.1, 0.15) is 0 Å². The molecular formula is C13H20ClN5O2. The topological polar surface area (TPSA) is 72.4 Å². The summed E-state index contributed by atoms with van der Waals surface area (Å²) >= 11 is 6.03. The van der Waals surface area contributed by atoms with Crippen LogP contribution in [0.5, 0.6) is 0 Å². The summed E-state index contributed by atoms with van der Waals surface area (Å²) in [6.07, 6.45) is 3.45. The van der Waals surface area contributed by atoms with Crippen LogP contribution in [-0.4, -0.2) is 60.5 Å². The summed E-state index contributed by atoms with van der Waals surface area (Å²) in [6, 6.07) is 0.228. The van der Waals surface area contributed by atoms with Crippen LogP contribution in [-0.2, 0) is 9.47 Å². The van der Waals surface area contributed by atoms with Crippen LogP contribution < -0.4 is 10.2 Å². The van der Waals surface area contributed by atoms with Crippen LogP contribution in [0.1, 0.15) is 19.3 Å². The summed E-state index contributed by atoms with van der Waals surface area (Å²) in [5.41, 5.74) is 0. The predicted octanol–water partition coefficient (Wildman–Crippen LogP) is 1.34. The minimum Gasteiger partial charge on any atom is -0.379 e. The second kappa shape index (κ2) is 6.72. The fraction of sp³-hybridized carbons (Fsp3) is 0.769. The molecule has 21 heavy (non-hydrogen) atoms. The molecule has 116 valence electrons. The molecule has 1 aliphatic carbocycles. The maximum atomic E-state index is 6.03. The monoisotopic (exact) mass is 313 g/mol. The van der Waals surface area contributed by atoms with E-state index < -0.39 is 0 Å². The third kappa shape index (κ3) is 3.53. The fourth-order valence-electron chi connectivity index (χ4n) is 2.85. The molecule has 1 aromatic heterocycles. The first kappa shape index (κ1) is 14.7. The van der Waals surface area contributed by atoms with Crippen molar-refractivity contribution >= 4 is 23.5 Å². The number of nitrogens with one attached hydrogen (secondary N) is 1. The maximum absolute atomic E-state index is 6.03. The number of nitrogens with zero attached hydrogens (tertiary/aromatic N) is 4. The molecule has 7 nitrogen and oxygen atoms in total. The quantitative estimate of drug-likeness (QED) is 0.899. The lowest BCUT2D eigenvalue weighted by Crippen LogP contribution is -2.38. The van der Waals surface area contributed by atoms with Gasteiger partial charge < -0.3 is 19.7 Å². The van der Waals surface area contributed by atoms with Gasteiger partial charge in [-0.2, -0.15) is 15.0 Å². The van der Waals surface area contributed by atoms with Gasteiger partial charge in [0.25, 0.3) is 0 Å². The second-order valence-corrected chi connectivity index (χ2v) is 5.62. The average Bonchev–Trinajstić information content (AvgIpc) is 2.95. The minimum atomic E-state index is 0.201. The van der Waals surface area contributed by atoms with Crippen molar-refractivity contribution < 1.29 is 9.47 Å². The first-order valence-electron chi connectivity index (χ1n) is 7.30. The number of morpholine rings is 1. The molecule has 1 aromatic rings. The number of methoxy groups -OCH3 is 1. The standard InChI is InChI=1S/C13H20ClN5O2/c1-20-10-4-2-3-9(10)15-12-16-11(14)17-13(18-12)19-5-7-21-8-6-19/h9-10H,2-8H2,1H3,(H,15,16,17,18). The van der Waals surface area contributed by atoms with E-state index >= 15 is 0 Å². The summed E-state index contributed by atoms with van der Waals surface area (Å²) in [5, 5.41) is 3.54. The zero-order valence-corrected chi connectivity index (χ0v) is 12.8. The molecule has 2 aliphatic rings. The number of anilines is 2. The number of halogens is 1. The van der Waals surface area contributed by atoms with E-state index in [4.69, 9.17) is 21.1 Å². The van der Waals surface area contributed by atoms with Crippen molar-refractivity contribution in [2.24, 2.45) is 0 Å². The zero-order chi connectivity index (χ0) is 14.7. The van der Waals surface area contributed by atoms with E-state index in [2.05, 4.69) is 25.2 Å². The van der Waals surface area contributed by atoms with E-state index in [0.29, 0.717) is 25.1 Å². The Bertz CT molecular complexity index is 484. The van der Waals surface area contributed by atoms with Crippen molar-refractivity contribution in [2.75, 3.05) is 43.6 Å². The molecular weight excluding hydrogens is 294 g/mol. The largest absolute Gasteiger partial charge is 0.379 e. The van der Waals surface area contributed by atoms with Crippen LogP contribution in [0.15, 0.2) is 0 Å². The second-order valence-electron chi connectivity index (χ2n) is 5.28. The maximum Gasteiger partial charge on any atom is 0.231 e. The van der Waals surface area contributed by atoms with Gasteiger partial charge in [0.15, 0.2) is 0 Å². The van der Waals surface area contributed by atoms with E-state index in [9.17, 15) is 0 Å². The molecule has 0 radical (unpaired) electrons. The minimum absolute atomic E-state index is 0.201. The SMILES string of the molecule is COC1CCCC1Nc1nc(Cl)nc(N2CCOCC2)n1. The highest BCUT2D eigenvalue weighted by Gasteiger charge is 2.28. The molecule has 0 amide bonds. The van der Waals surface area contributed by atoms with Gasteiger partial charge in [0.2, 0.25) is 17.2 Å². The summed E-state index contributed by atoms with van der Waals surface area (Å²) in [6.45, 7) is 2.90. The molecule has 3 rings (SSSR count). The summed E-state index contributed by atoms with van der Waals surface area (Å²) < 4.78 is 10.8. The van der Waals surface area contributed by atoms with Crippen molar-refractivity contribution in [3.05, 3.63) is 5.28 Å². The number of hydrogen-bond acceptors (Lipinski definition) is 7. The molecule has 0 spiro atoms. The van der Waals surface area contributed by atoms with Gasteiger partial charge in [-0.3, -0.25) is 0 Å². The average molecular weight is 314 g/mol. The Labute approximate surface area is 129 Å². The number of ether oxygens (including phenoxy) is 2. The van der Waals surface area contributed by atoms with Gasteiger partial charge in [0, 0.05) is 20.2 Å². The number of aromatic nitrogens is 3. The molecule has 8 heteroatoms. The van der Waals surface area contributed by atoms with Crippen LogP contribution in [0.4, 0.5) is 11.9 Å². The summed E-state index contributed by atoms with van der Waals surface area (Å²) in [4.78, 5) is 14.9. The Morgan fingerprint density at radius 1 is 1.24 bits per heavy atom. The normalized spacial score (nSPS) is 26.1. The molecule has 2 fully saturated rings. The van der Waals surface area contributed by atoms with Crippen LogP contribution in [0.3, 0.4) is 0 Å². The molecule has 1 N–H and O–H groups in total. The predicted molar refractivity (Wildman–Crippen MR) is 79.9 cm³/mol. The van der Waals surface area contributed by atoms with Gasteiger partial charge in [-0.15, -0.1) is 0 Å². The van der Waals surface area contributed by atoms with Crippen molar-refractivity contribution in [1.29, 1.82) is 0 Å². The summed E-state index contributed by atoms with van der Waals surface area (Å²) in [7, 11) is 1.74. The van der Waals surface area contributed by atoms with Crippen LogP contribution in [0, 0.1) is 0 Å². The van der Waals surface area contributed by atoms with E-state index in [0.717, 1.165) is 32.4 Å². The van der Waals surface area contributed by atoms with Gasteiger partial charge in [-0.25, -0.2) is 0 Å². The van der Waals surface area contributed by atoms with E-state index in [1.165, 1.54) is 0 Å². The Morgan fingerprint density at radius 2 is 2.05 bits per heavy atom. The van der Waals surface area contributed by atoms with Gasteiger partial charge >= 0.3 is 0 Å². The highest BCUT2D eigenvalue weighted by atomic mass is 35.5. The van der Waals surface area contributed by atoms with Crippen LogP contribution in [0.2, 0.25) is 5.28 Å². The summed E-state index contributed by atoms with van der Waals surface area (Å²) in [5.74, 6) is 1.12. The van der Waals surface area contributed by atoms with Crippen LogP contribution in [0.25, 0.3) is 0 Å². The Kier molecular flexibility index (Phi) is 4.72. The van der Waals surface area contributed by atoms with E-state index in [1.807, 2.05) is 0 Å². The van der Waals surface area contributed by atoms with Crippen molar-refractivity contribution in [3.63, 3.8) is 0 Å². The molecule has 2 atom stereocenters. The molecule has 1 aliphatic heterocycles. The van der Waals surface area contributed by atoms with E-state index in [1.54, 1.807) is 7.11 Å². The van der Waals surface area contributed by atoms with Gasteiger partial charge in [0.05, 0.1) is 25.4 Å². The smallest absolute Gasteiger partial charge is 0.231 e. The molecule has 1 saturated heterocycles. The lowest BCUT2D eigenvalue weighted by atomic mass is 10.2. The third-order valence-corrected chi connectivity index (χ3v) is 4.13. The Hall–Kier alpha value is -1.18.